The summed E-state index contributed by atoms with van der Waals surface area (Å²) in [5.41, 5.74) is 6.50. The lowest BCUT2D eigenvalue weighted by Crippen LogP contribution is -2.40. The molecular weight excluding hydrogens is 280 g/mol. The van der Waals surface area contributed by atoms with E-state index in [0.717, 1.165) is 5.56 Å². The minimum absolute atomic E-state index is 0. The quantitative estimate of drug-likeness (QED) is 0.863. The Labute approximate surface area is 122 Å². The van der Waals surface area contributed by atoms with Gasteiger partial charge in [-0.25, -0.2) is 4.98 Å². The van der Waals surface area contributed by atoms with Crippen molar-refractivity contribution in [2.45, 2.75) is 19.9 Å². The Hall–Kier alpha value is -1.92. The molecule has 0 unspecified atom stereocenters. The molecule has 0 aliphatic rings. The number of carbonyl (C=O) groups excluding carboxylic acids is 1. The van der Waals surface area contributed by atoms with Crippen molar-refractivity contribution in [2.24, 2.45) is 5.73 Å². The normalized spacial score (nSPS) is 11.8. The van der Waals surface area contributed by atoms with Crippen LogP contribution in [0.3, 0.4) is 0 Å². The highest BCUT2D eigenvalue weighted by molar-refractivity contribution is 5.93. The van der Waals surface area contributed by atoms with E-state index in [0.29, 0.717) is 12.2 Å². The highest BCUT2D eigenvalue weighted by atomic mass is 35.5. The highest BCUT2D eigenvalue weighted by Gasteiger charge is 2.14. The molecule has 0 aromatic carbocycles. The van der Waals surface area contributed by atoms with Crippen LogP contribution in [0, 0.1) is 6.92 Å². The molecule has 108 valence electrons. The van der Waals surface area contributed by atoms with Crippen LogP contribution in [-0.4, -0.2) is 27.9 Å². The molecule has 20 heavy (non-hydrogen) atoms. The van der Waals surface area contributed by atoms with Gasteiger partial charge in [0.05, 0.1) is 0 Å². The van der Waals surface area contributed by atoms with Gasteiger partial charge in [-0.3, -0.25) is 14.0 Å². The molecule has 3 N–H and O–H groups in total. The van der Waals surface area contributed by atoms with Crippen molar-refractivity contribution in [2.75, 3.05) is 6.54 Å². The van der Waals surface area contributed by atoms with Gasteiger partial charge in [0.25, 0.3) is 11.5 Å². The van der Waals surface area contributed by atoms with Gasteiger partial charge in [-0.05, 0) is 25.5 Å². The van der Waals surface area contributed by atoms with Crippen molar-refractivity contribution < 1.29 is 4.79 Å². The Morgan fingerprint density at radius 1 is 1.50 bits per heavy atom. The van der Waals surface area contributed by atoms with Crippen molar-refractivity contribution in [3.63, 3.8) is 0 Å². The lowest BCUT2D eigenvalue weighted by molar-refractivity contribution is 0.0939. The van der Waals surface area contributed by atoms with Crippen LogP contribution in [0.1, 0.15) is 22.8 Å². The number of amides is 1. The highest BCUT2D eigenvalue weighted by Crippen LogP contribution is 2.01. The molecule has 7 heteroatoms. The Balaban J connectivity index is 0.00000200. The standard InChI is InChI=1S/C13H16N4O2.ClH/c1-8-3-4-11-15-6-10(13(19)17(11)7-8)12(18)16-9(2)5-14;/h3-4,6-7,9H,5,14H2,1-2H3,(H,16,18);1H/t9-;/m0./s1. The number of halogens is 1. The minimum atomic E-state index is -0.452. The predicted octanol–water partition coefficient (Wildman–Crippen LogP) is 0.502. The van der Waals surface area contributed by atoms with Crippen molar-refractivity contribution >= 4 is 24.0 Å². The number of nitrogens with two attached hydrogens (primary N) is 1. The Kier molecular flexibility index (Phi) is 5.24. The average Bonchev–Trinajstić information content (AvgIpc) is 2.39. The first-order valence-electron chi connectivity index (χ1n) is 6.02. The van der Waals surface area contributed by atoms with Gasteiger partial charge in [-0.2, -0.15) is 0 Å². The molecule has 1 amide bonds. The maximum Gasteiger partial charge on any atom is 0.270 e. The number of pyridine rings is 1. The number of aromatic nitrogens is 2. The summed E-state index contributed by atoms with van der Waals surface area (Å²) in [7, 11) is 0. The first kappa shape index (κ1) is 16.1. The maximum atomic E-state index is 12.2. The van der Waals surface area contributed by atoms with E-state index < -0.39 is 5.91 Å². The SMILES string of the molecule is Cc1ccc2ncc(C(=O)N[C@@H](C)CN)c(=O)n2c1.Cl. The fourth-order valence-electron chi connectivity index (χ4n) is 1.70. The van der Waals surface area contributed by atoms with Crippen LogP contribution in [0.4, 0.5) is 0 Å². The van der Waals surface area contributed by atoms with Crippen LogP contribution in [0.5, 0.6) is 0 Å². The molecule has 0 aliphatic carbocycles. The number of aryl methyl sites for hydroxylation is 1. The summed E-state index contributed by atoms with van der Waals surface area (Å²) in [6.07, 6.45) is 2.96. The summed E-state index contributed by atoms with van der Waals surface area (Å²) in [5.74, 6) is -0.452. The maximum absolute atomic E-state index is 12.2. The third-order valence-corrected chi connectivity index (χ3v) is 2.83. The third-order valence-electron chi connectivity index (χ3n) is 2.83. The molecule has 1 atom stereocenters. The second-order valence-corrected chi connectivity index (χ2v) is 4.52. The Morgan fingerprint density at radius 2 is 2.20 bits per heavy atom. The average molecular weight is 297 g/mol. The van der Waals surface area contributed by atoms with Crippen LogP contribution in [-0.2, 0) is 0 Å². The van der Waals surface area contributed by atoms with Gasteiger partial charge >= 0.3 is 0 Å². The van der Waals surface area contributed by atoms with Crippen molar-refractivity contribution in [1.29, 1.82) is 0 Å². The zero-order valence-electron chi connectivity index (χ0n) is 11.3. The molecule has 0 bridgehead atoms. The van der Waals surface area contributed by atoms with Gasteiger partial charge < -0.3 is 11.1 Å². The molecule has 2 aromatic rings. The van der Waals surface area contributed by atoms with E-state index in [-0.39, 0.29) is 29.6 Å². The second kappa shape index (κ2) is 6.49. The van der Waals surface area contributed by atoms with Crippen LogP contribution >= 0.6 is 12.4 Å². The summed E-state index contributed by atoms with van der Waals surface area (Å²) >= 11 is 0. The summed E-state index contributed by atoms with van der Waals surface area (Å²) in [6.45, 7) is 3.95. The van der Waals surface area contributed by atoms with E-state index in [2.05, 4.69) is 10.3 Å². The monoisotopic (exact) mass is 296 g/mol. The molecule has 0 radical (unpaired) electrons. The Bertz CT molecular complexity index is 684. The number of hydrogen-bond acceptors (Lipinski definition) is 4. The number of carbonyl (C=O) groups is 1. The van der Waals surface area contributed by atoms with Crippen LogP contribution in [0.25, 0.3) is 5.65 Å². The molecule has 2 rings (SSSR count). The van der Waals surface area contributed by atoms with E-state index in [1.54, 1.807) is 19.2 Å². The second-order valence-electron chi connectivity index (χ2n) is 4.52. The van der Waals surface area contributed by atoms with Gasteiger partial charge in [-0.1, -0.05) is 6.07 Å². The molecule has 6 nitrogen and oxygen atoms in total. The number of hydrogen-bond donors (Lipinski definition) is 2. The summed E-state index contributed by atoms with van der Waals surface area (Å²) in [5, 5.41) is 2.65. The molecule has 0 saturated heterocycles. The molecule has 0 fully saturated rings. The molecule has 0 saturated carbocycles. The Morgan fingerprint density at radius 3 is 2.85 bits per heavy atom. The lowest BCUT2D eigenvalue weighted by atomic mass is 10.2. The van der Waals surface area contributed by atoms with E-state index in [1.165, 1.54) is 10.6 Å². The van der Waals surface area contributed by atoms with Crippen molar-refractivity contribution in [3.05, 3.63) is 46.0 Å². The molecule has 2 aromatic heterocycles. The van der Waals surface area contributed by atoms with Gasteiger partial charge in [0.2, 0.25) is 0 Å². The van der Waals surface area contributed by atoms with E-state index in [4.69, 9.17) is 5.73 Å². The topological polar surface area (TPSA) is 89.5 Å². The summed E-state index contributed by atoms with van der Waals surface area (Å²) in [4.78, 5) is 28.3. The van der Waals surface area contributed by atoms with E-state index in [1.807, 2.05) is 13.0 Å². The smallest absolute Gasteiger partial charge is 0.270 e. The van der Waals surface area contributed by atoms with Gasteiger partial charge in [0, 0.05) is 25.0 Å². The number of nitrogens with one attached hydrogen (secondary N) is 1. The van der Waals surface area contributed by atoms with Crippen LogP contribution in [0.15, 0.2) is 29.3 Å². The number of rotatable bonds is 3. The van der Waals surface area contributed by atoms with Gasteiger partial charge in [0.1, 0.15) is 11.2 Å². The van der Waals surface area contributed by atoms with E-state index >= 15 is 0 Å². The zero-order valence-corrected chi connectivity index (χ0v) is 12.1. The lowest BCUT2D eigenvalue weighted by Gasteiger charge is -2.11. The molecular formula is C13H17ClN4O2. The summed E-state index contributed by atoms with van der Waals surface area (Å²) < 4.78 is 1.37. The molecule has 0 spiro atoms. The molecule has 2 heterocycles. The first-order chi connectivity index (χ1) is 9.02. The van der Waals surface area contributed by atoms with Crippen LogP contribution < -0.4 is 16.6 Å². The molecule has 0 aliphatic heterocycles. The zero-order chi connectivity index (χ0) is 14.0. The van der Waals surface area contributed by atoms with Gasteiger partial charge in [-0.15, -0.1) is 12.4 Å². The number of fused-ring (bicyclic) bond motifs is 1. The first-order valence-corrected chi connectivity index (χ1v) is 6.02. The number of nitrogens with zero attached hydrogens (tertiary/aromatic N) is 2. The third kappa shape index (κ3) is 3.15. The summed E-state index contributed by atoms with van der Waals surface area (Å²) in [6, 6.07) is 3.41. The van der Waals surface area contributed by atoms with Crippen molar-refractivity contribution in [1.82, 2.24) is 14.7 Å². The predicted molar refractivity (Wildman–Crippen MR) is 79.4 cm³/mol. The largest absolute Gasteiger partial charge is 0.348 e. The van der Waals surface area contributed by atoms with Crippen molar-refractivity contribution in [3.8, 4) is 0 Å². The van der Waals surface area contributed by atoms with Gasteiger partial charge in [0.15, 0.2) is 0 Å². The van der Waals surface area contributed by atoms with E-state index in [9.17, 15) is 9.59 Å². The van der Waals surface area contributed by atoms with Crippen LogP contribution in [0.2, 0.25) is 0 Å². The fourth-order valence-corrected chi connectivity index (χ4v) is 1.70. The minimum Gasteiger partial charge on any atom is -0.348 e. The fraction of sp³-hybridized carbons (Fsp3) is 0.308.